The topological polar surface area (TPSA) is 66.5 Å². The minimum atomic E-state index is -3.55. The molecule has 0 unspecified atom stereocenters. The Bertz CT molecular complexity index is 576. The fraction of sp³-hybridized carbons (Fsp3) is 0.500. The van der Waals surface area contributed by atoms with Crippen LogP contribution in [0.25, 0.3) is 0 Å². The van der Waals surface area contributed by atoms with Crippen LogP contribution in [-0.4, -0.2) is 33.7 Å². The zero-order chi connectivity index (χ0) is 15.5. The third-order valence-electron chi connectivity index (χ3n) is 3.04. The van der Waals surface area contributed by atoms with E-state index in [-0.39, 0.29) is 5.91 Å². The van der Waals surface area contributed by atoms with Gasteiger partial charge in [0, 0.05) is 7.05 Å². The summed E-state index contributed by atoms with van der Waals surface area (Å²) in [6, 6.07) is 4.78. The van der Waals surface area contributed by atoms with E-state index in [0.29, 0.717) is 12.1 Å². The molecular weight excluding hydrogens is 276 g/mol. The van der Waals surface area contributed by atoms with E-state index in [1.165, 1.54) is 11.4 Å². The molecule has 1 atom stereocenters. The molecule has 0 aliphatic carbocycles. The maximum atomic E-state index is 12.1. The highest BCUT2D eigenvalue weighted by atomic mass is 32.2. The molecule has 0 saturated heterocycles. The molecule has 0 saturated carbocycles. The summed E-state index contributed by atoms with van der Waals surface area (Å²) in [6.07, 6.45) is 1.52. The van der Waals surface area contributed by atoms with Gasteiger partial charge in [-0.1, -0.05) is 13.0 Å². The first-order chi connectivity index (χ1) is 9.20. The summed E-state index contributed by atoms with van der Waals surface area (Å²) in [6.45, 7) is 5.59. The minimum absolute atomic E-state index is 0.308. The van der Waals surface area contributed by atoms with Crippen LogP contribution in [0.5, 0.6) is 0 Å². The normalized spacial score (nSPS) is 12.8. The summed E-state index contributed by atoms with van der Waals surface area (Å²) in [4.78, 5) is 12.0. The highest BCUT2D eigenvalue weighted by Gasteiger charge is 2.30. The third-order valence-corrected chi connectivity index (χ3v) is 4.22. The third kappa shape index (κ3) is 3.72. The fourth-order valence-corrected chi connectivity index (χ4v) is 3.50. The highest BCUT2D eigenvalue weighted by Crippen LogP contribution is 2.25. The lowest BCUT2D eigenvalue weighted by molar-refractivity contribution is -0.121. The van der Waals surface area contributed by atoms with Crippen molar-refractivity contribution in [2.45, 2.75) is 33.2 Å². The van der Waals surface area contributed by atoms with Gasteiger partial charge in [0.25, 0.3) is 0 Å². The monoisotopic (exact) mass is 298 g/mol. The van der Waals surface area contributed by atoms with Crippen molar-refractivity contribution >= 4 is 21.6 Å². The summed E-state index contributed by atoms with van der Waals surface area (Å²) in [5.74, 6) is -0.308. The molecule has 6 heteroatoms. The van der Waals surface area contributed by atoms with Crippen LogP contribution in [-0.2, 0) is 14.8 Å². The quantitative estimate of drug-likeness (QED) is 0.898. The van der Waals surface area contributed by atoms with Gasteiger partial charge in [-0.3, -0.25) is 9.10 Å². The van der Waals surface area contributed by atoms with Crippen molar-refractivity contribution < 1.29 is 13.2 Å². The van der Waals surface area contributed by atoms with Crippen LogP contribution in [0.2, 0.25) is 0 Å². The van der Waals surface area contributed by atoms with Gasteiger partial charge < -0.3 is 5.32 Å². The molecule has 0 spiro atoms. The first kappa shape index (κ1) is 16.5. The Morgan fingerprint density at radius 2 is 1.75 bits per heavy atom. The second-order valence-electron chi connectivity index (χ2n) is 4.94. The lowest BCUT2D eigenvalue weighted by Gasteiger charge is -2.30. The molecule has 1 rings (SSSR count). The van der Waals surface area contributed by atoms with Gasteiger partial charge in [-0.2, -0.15) is 0 Å². The number of nitrogens with one attached hydrogen (secondary N) is 1. The zero-order valence-electron chi connectivity index (χ0n) is 12.6. The van der Waals surface area contributed by atoms with E-state index in [1.54, 1.807) is 19.1 Å². The molecule has 0 heterocycles. The molecule has 0 aliphatic heterocycles. The summed E-state index contributed by atoms with van der Waals surface area (Å²) in [5, 5.41) is 2.52. The molecule has 0 aliphatic rings. The Balaban J connectivity index is 3.43. The summed E-state index contributed by atoms with van der Waals surface area (Å²) in [5.41, 5.74) is 2.45. The second kappa shape index (κ2) is 6.26. The molecule has 1 amide bonds. The molecule has 112 valence electrons. The van der Waals surface area contributed by atoms with Crippen LogP contribution >= 0.6 is 0 Å². The predicted molar refractivity (Wildman–Crippen MR) is 81.4 cm³/mol. The number of aryl methyl sites for hydroxylation is 2. The average Bonchev–Trinajstić information content (AvgIpc) is 2.31. The number of carbonyl (C=O) groups excluding carboxylic acids is 1. The van der Waals surface area contributed by atoms with E-state index in [0.717, 1.165) is 17.4 Å². The lowest BCUT2D eigenvalue weighted by atomic mass is 10.1. The Morgan fingerprint density at radius 3 is 2.10 bits per heavy atom. The standard InChI is InChI=1S/C14H22N2O3S/c1-6-13(14(17)15-4)16(20(5,18)19)12-8-10(2)7-11(3)9-12/h7-9,13H,6H2,1-5H3,(H,15,17)/t13-/m1/s1. The van der Waals surface area contributed by atoms with Crippen molar-refractivity contribution in [3.63, 3.8) is 0 Å². The van der Waals surface area contributed by atoms with Gasteiger partial charge >= 0.3 is 0 Å². The number of benzene rings is 1. The van der Waals surface area contributed by atoms with E-state index in [4.69, 9.17) is 0 Å². The van der Waals surface area contributed by atoms with Gasteiger partial charge in [0.15, 0.2) is 0 Å². The molecule has 20 heavy (non-hydrogen) atoms. The molecule has 1 aromatic rings. The summed E-state index contributed by atoms with van der Waals surface area (Å²) in [7, 11) is -2.04. The van der Waals surface area contributed by atoms with E-state index >= 15 is 0 Å². The van der Waals surface area contributed by atoms with Crippen molar-refractivity contribution in [2.75, 3.05) is 17.6 Å². The number of rotatable bonds is 5. The van der Waals surface area contributed by atoms with Crippen molar-refractivity contribution in [1.29, 1.82) is 0 Å². The number of likely N-dealkylation sites (N-methyl/N-ethyl adjacent to an activating group) is 1. The Kier molecular flexibility index (Phi) is 5.16. The zero-order valence-corrected chi connectivity index (χ0v) is 13.4. The molecule has 0 fully saturated rings. The fourth-order valence-electron chi connectivity index (χ4n) is 2.30. The number of hydrogen-bond donors (Lipinski definition) is 1. The molecule has 0 aromatic heterocycles. The number of sulfonamides is 1. The minimum Gasteiger partial charge on any atom is -0.357 e. The van der Waals surface area contributed by atoms with Gasteiger partial charge in [-0.15, -0.1) is 0 Å². The maximum absolute atomic E-state index is 12.1. The van der Waals surface area contributed by atoms with Gasteiger partial charge in [-0.25, -0.2) is 8.42 Å². The van der Waals surface area contributed by atoms with Crippen LogP contribution < -0.4 is 9.62 Å². The SMILES string of the molecule is CC[C@H](C(=O)NC)N(c1cc(C)cc(C)c1)S(C)(=O)=O. The Labute approximate surface area is 121 Å². The summed E-state index contributed by atoms with van der Waals surface area (Å²) < 4.78 is 25.4. The number of amides is 1. The van der Waals surface area contributed by atoms with E-state index in [2.05, 4.69) is 5.32 Å². The first-order valence-corrected chi connectivity index (χ1v) is 8.34. The largest absolute Gasteiger partial charge is 0.357 e. The Hall–Kier alpha value is -1.56. The van der Waals surface area contributed by atoms with E-state index in [9.17, 15) is 13.2 Å². The van der Waals surface area contributed by atoms with Crippen molar-refractivity contribution in [3.8, 4) is 0 Å². The molecule has 0 bridgehead atoms. The van der Waals surface area contributed by atoms with Crippen LogP contribution in [0.4, 0.5) is 5.69 Å². The van der Waals surface area contributed by atoms with E-state index < -0.39 is 16.1 Å². The van der Waals surface area contributed by atoms with Crippen molar-refractivity contribution in [3.05, 3.63) is 29.3 Å². The number of nitrogens with zero attached hydrogens (tertiary/aromatic N) is 1. The number of carbonyl (C=O) groups is 1. The lowest BCUT2D eigenvalue weighted by Crippen LogP contribution is -2.48. The van der Waals surface area contributed by atoms with E-state index in [1.807, 2.05) is 19.9 Å². The highest BCUT2D eigenvalue weighted by molar-refractivity contribution is 7.92. The molecule has 0 radical (unpaired) electrons. The number of anilines is 1. The maximum Gasteiger partial charge on any atom is 0.243 e. The second-order valence-corrected chi connectivity index (χ2v) is 6.80. The van der Waals surface area contributed by atoms with Crippen molar-refractivity contribution in [2.24, 2.45) is 0 Å². The average molecular weight is 298 g/mol. The van der Waals surface area contributed by atoms with Crippen LogP contribution in [0.15, 0.2) is 18.2 Å². The first-order valence-electron chi connectivity index (χ1n) is 6.50. The summed E-state index contributed by atoms with van der Waals surface area (Å²) >= 11 is 0. The van der Waals surface area contributed by atoms with Gasteiger partial charge in [0.05, 0.1) is 11.9 Å². The smallest absolute Gasteiger partial charge is 0.243 e. The Morgan fingerprint density at radius 1 is 1.25 bits per heavy atom. The molecule has 1 N–H and O–H groups in total. The van der Waals surface area contributed by atoms with Crippen LogP contribution in [0.3, 0.4) is 0 Å². The van der Waals surface area contributed by atoms with Crippen LogP contribution in [0, 0.1) is 13.8 Å². The van der Waals surface area contributed by atoms with Gasteiger partial charge in [-0.05, 0) is 43.5 Å². The molecular formula is C14H22N2O3S. The molecule has 1 aromatic carbocycles. The predicted octanol–water partition coefficient (Wildman–Crippen LogP) is 1.59. The molecule has 5 nitrogen and oxygen atoms in total. The van der Waals surface area contributed by atoms with Gasteiger partial charge in [0.2, 0.25) is 15.9 Å². The van der Waals surface area contributed by atoms with Crippen molar-refractivity contribution in [1.82, 2.24) is 5.32 Å². The van der Waals surface area contributed by atoms with Gasteiger partial charge in [0.1, 0.15) is 6.04 Å². The number of hydrogen-bond acceptors (Lipinski definition) is 3. The van der Waals surface area contributed by atoms with Crippen LogP contribution in [0.1, 0.15) is 24.5 Å².